The standard InChI is InChI=1S/C19H14N4O3S/c1-2-23-14-7-15-16(26-10-25-15)8-17(14)27-19(23)22-18(24)13-9-20-11-5-3-4-6-12(11)21-13/h3-9H,2,10H2,1H3. The van der Waals surface area contributed by atoms with E-state index in [1.165, 1.54) is 17.5 Å². The van der Waals surface area contributed by atoms with Gasteiger partial charge in [-0.15, -0.1) is 0 Å². The van der Waals surface area contributed by atoms with E-state index in [1.54, 1.807) is 0 Å². The number of amides is 1. The highest BCUT2D eigenvalue weighted by atomic mass is 32.1. The Labute approximate surface area is 157 Å². The van der Waals surface area contributed by atoms with Crippen molar-refractivity contribution in [2.45, 2.75) is 13.5 Å². The van der Waals surface area contributed by atoms with Gasteiger partial charge in [0.1, 0.15) is 5.69 Å². The van der Waals surface area contributed by atoms with Gasteiger partial charge in [0.05, 0.1) is 27.4 Å². The van der Waals surface area contributed by atoms with Gasteiger partial charge >= 0.3 is 0 Å². The largest absolute Gasteiger partial charge is 0.454 e. The van der Waals surface area contributed by atoms with Crippen LogP contribution in [0.15, 0.2) is 47.6 Å². The van der Waals surface area contributed by atoms with Gasteiger partial charge in [0.2, 0.25) is 6.79 Å². The fourth-order valence-corrected chi connectivity index (χ4v) is 4.16. The second kappa shape index (κ2) is 6.17. The third-order valence-corrected chi connectivity index (χ3v) is 5.40. The Hall–Kier alpha value is -3.26. The SMILES string of the molecule is CCn1c(=NC(=O)c2cnc3ccccc3n2)sc2cc3c(cc21)OCO3. The van der Waals surface area contributed by atoms with Crippen LogP contribution >= 0.6 is 11.3 Å². The molecular formula is C19H14N4O3S. The molecular weight excluding hydrogens is 364 g/mol. The van der Waals surface area contributed by atoms with Crippen LogP contribution in [0.2, 0.25) is 0 Å². The summed E-state index contributed by atoms with van der Waals surface area (Å²) in [7, 11) is 0. The highest BCUT2D eigenvalue weighted by molar-refractivity contribution is 7.16. The number of aromatic nitrogens is 3. The average Bonchev–Trinajstić information content (AvgIpc) is 3.28. The zero-order chi connectivity index (χ0) is 18.4. The van der Waals surface area contributed by atoms with Gasteiger partial charge < -0.3 is 14.0 Å². The highest BCUT2D eigenvalue weighted by Gasteiger charge is 2.18. The summed E-state index contributed by atoms with van der Waals surface area (Å²) in [6.45, 7) is 2.92. The molecule has 1 amide bonds. The molecule has 1 aliphatic heterocycles. The molecule has 2 aromatic carbocycles. The fourth-order valence-electron chi connectivity index (χ4n) is 3.05. The molecule has 27 heavy (non-hydrogen) atoms. The summed E-state index contributed by atoms with van der Waals surface area (Å²) in [5, 5.41) is 0. The summed E-state index contributed by atoms with van der Waals surface area (Å²) < 4.78 is 13.9. The van der Waals surface area contributed by atoms with Gasteiger partial charge in [0.15, 0.2) is 16.3 Å². The van der Waals surface area contributed by atoms with E-state index >= 15 is 0 Å². The topological polar surface area (TPSA) is 78.6 Å². The van der Waals surface area contributed by atoms with Crippen LogP contribution < -0.4 is 14.3 Å². The molecule has 7 nitrogen and oxygen atoms in total. The Bertz CT molecular complexity index is 1280. The van der Waals surface area contributed by atoms with Crippen molar-refractivity contribution < 1.29 is 14.3 Å². The lowest BCUT2D eigenvalue weighted by Gasteiger charge is -2.02. The summed E-state index contributed by atoms with van der Waals surface area (Å²) in [6.07, 6.45) is 1.47. The van der Waals surface area contributed by atoms with Crippen LogP contribution in [-0.2, 0) is 6.54 Å². The third kappa shape index (κ3) is 2.65. The molecule has 134 valence electrons. The number of benzene rings is 2. The van der Waals surface area contributed by atoms with Crippen LogP contribution in [0, 0.1) is 0 Å². The Morgan fingerprint density at radius 2 is 2.00 bits per heavy atom. The second-order valence-electron chi connectivity index (χ2n) is 5.96. The van der Waals surface area contributed by atoms with Crippen molar-refractivity contribution in [3.8, 4) is 11.5 Å². The van der Waals surface area contributed by atoms with Gasteiger partial charge in [-0.05, 0) is 19.1 Å². The zero-order valence-electron chi connectivity index (χ0n) is 14.4. The maximum absolute atomic E-state index is 12.7. The molecule has 1 aliphatic rings. The molecule has 0 bridgehead atoms. The number of carbonyl (C=O) groups is 1. The lowest BCUT2D eigenvalue weighted by atomic mass is 10.3. The van der Waals surface area contributed by atoms with Crippen molar-refractivity contribution in [1.29, 1.82) is 0 Å². The molecule has 0 N–H and O–H groups in total. The number of rotatable bonds is 2. The molecule has 0 saturated heterocycles. The van der Waals surface area contributed by atoms with Crippen LogP contribution in [-0.4, -0.2) is 27.2 Å². The smallest absolute Gasteiger partial charge is 0.299 e. The minimum Gasteiger partial charge on any atom is -0.454 e. The number of hydrogen-bond donors (Lipinski definition) is 0. The van der Waals surface area contributed by atoms with Crippen molar-refractivity contribution in [1.82, 2.24) is 14.5 Å². The minimum absolute atomic E-state index is 0.225. The predicted molar refractivity (Wildman–Crippen MR) is 101 cm³/mol. The minimum atomic E-state index is -0.415. The summed E-state index contributed by atoms with van der Waals surface area (Å²) in [5.41, 5.74) is 2.60. The van der Waals surface area contributed by atoms with Crippen molar-refractivity contribution in [2.75, 3.05) is 6.79 Å². The molecule has 0 radical (unpaired) electrons. The first-order valence-corrected chi connectivity index (χ1v) is 9.28. The first-order valence-electron chi connectivity index (χ1n) is 8.47. The van der Waals surface area contributed by atoms with E-state index in [9.17, 15) is 4.79 Å². The van der Waals surface area contributed by atoms with E-state index in [1.807, 2.05) is 47.9 Å². The summed E-state index contributed by atoms with van der Waals surface area (Å²) in [5.74, 6) is 1.01. The Balaban J connectivity index is 1.62. The first-order chi connectivity index (χ1) is 13.2. The first kappa shape index (κ1) is 16.0. The molecule has 0 unspecified atom stereocenters. The highest BCUT2D eigenvalue weighted by Crippen LogP contribution is 2.36. The van der Waals surface area contributed by atoms with E-state index in [4.69, 9.17) is 9.47 Å². The number of ether oxygens (including phenoxy) is 2. The van der Waals surface area contributed by atoms with Crippen LogP contribution in [0.5, 0.6) is 11.5 Å². The van der Waals surface area contributed by atoms with Crippen molar-refractivity contribution in [2.24, 2.45) is 4.99 Å². The zero-order valence-corrected chi connectivity index (χ0v) is 15.2. The monoisotopic (exact) mass is 378 g/mol. The summed E-state index contributed by atoms with van der Waals surface area (Å²) >= 11 is 1.43. The molecule has 0 spiro atoms. The van der Waals surface area contributed by atoms with E-state index in [0.717, 1.165) is 15.7 Å². The molecule has 2 aromatic heterocycles. The molecule has 0 atom stereocenters. The maximum Gasteiger partial charge on any atom is 0.299 e. The molecule has 8 heteroatoms. The van der Waals surface area contributed by atoms with Gasteiger partial charge in [-0.1, -0.05) is 23.5 Å². The number of hydrogen-bond acceptors (Lipinski definition) is 6. The molecule has 5 rings (SSSR count). The number of carbonyl (C=O) groups excluding carboxylic acids is 1. The molecule has 0 saturated carbocycles. The quantitative estimate of drug-likeness (QED) is 0.535. The van der Waals surface area contributed by atoms with Crippen molar-refractivity contribution in [3.05, 3.63) is 53.1 Å². The number of nitrogens with zero attached hydrogens (tertiary/aromatic N) is 4. The van der Waals surface area contributed by atoms with Crippen molar-refractivity contribution >= 4 is 38.5 Å². The van der Waals surface area contributed by atoms with Crippen LogP contribution in [0.3, 0.4) is 0 Å². The predicted octanol–water partition coefficient (Wildman–Crippen LogP) is 3.14. The molecule has 4 aromatic rings. The van der Waals surface area contributed by atoms with Gasteiger partial charge in [0, 0.05) is 18.7 Å². The van der Waals surface area contributed by atoms with Crippen LogP contribution in [0.1, 0.15) is 17.4 Å². The number of aryl methyl sites for hydroxylation is 1. The van der Waals surface area contributed by atoms with Gasteiger partial charge in [-0.25, -0.2) is 4.98 Å². The van der Waals surface area contributed by atoms with E-state index in [0.29, 0.717) is 28.4 Å². The third-order valence-electron chi connectivity index (χ3n) is 4.36. The normalized spacial score (nSPS) is 13.6. The summed E-state index contributed by atoms with van der Waals surface area (Å²) in [6, 6.07) is 11.3. The maximum atomic E-state index is 12.7. The average molecular weight is 378 g/mol. The van der Waals surface area contributed by atoms with Crippen LogP contribution in [0.4, 0.5) is 0 Å². The van der Waals surface area contributed by atoms with Gasteiger partial charge in [-0.3, -0.25) is 9.78 Å². The van der Waals surface area contributed by atoms with Gasteiger partial charge in [-0.2, -0.15) is 4.99 Å². The number of fused-ring (bicyclic) bond motifs is 3. The van der Waals surface area contributed by atoms with E-state index in [-0.39, 0.29) is 12.5 Å². The Kier molecular flexibility index (Phi) is 3.64. The fraction of sp³-hybridized carbons (Fsp3) is 0.158. The lowest BCUT2D eigenvalue weighted by molar-refractivity contribution is 0.0993. The Morgan fingerprint density at radius 3 is 2.81 bits per heavy atom. The van der Waals surface area contributed by atoms with E-state index in [2.05, 4.69) is 15.0 Å². The van der Waals surface area contributed by atoms with E-state index < -0.39 is 5.91 Å². The molecule has 3 heterocycles. The number of thiazole rings is 1. The molecule has 0 aliphatic carbocycles. The second-order valence-corrected chi connectivity index (χ2v) is 6.97. The van der Waals surface area contributed by atoms with Gasteiger partial charge in [0.25, 0.3) is 5.91 Å². The summed E-state index contributed by atoms with van der Waals surface area (Å²) in [4.78, 5) is 26.3. The lowest BCUT2D eigenvalue weighted by Crippen LogP contribution is -2.16. The van der Waals surface area contributed by atoms with Crippen LogP contribution in [0.25, 0.3) is 21.3 Å². The van der Waals surface area contributed by atoms with Crippen molar-refractivity contribution in [3.63, 3.8) is 0 Å². The number of para-hydroxylation sites is 2. The molecule has 0 fully saturated rings. The Morgan fingerprint density at radius 1 is 1.22 bits per heavy atom.